The molecule has 0 atom stereocenters. The molecule has 0 amide bonds. The van der Waals surface area contributed by atoms with Gasteiger partial charge in [-0.15, -0.1) is 0 Å². The van der Waals surface area contributed by atoms with Crippen LogP contribution in [0.2, 0.25) is 0 Å². The standard InChI is InChI=1S/C14H18N2O3S/c1-14(2,3)12-10-11(6-7-13(12)19-4)20(17,18)16-9-5-8-15-16/h5-10H,1-4H3. The Bertz CT molecular complexity index is 699. The first-order valence-corrected chi connectivity index (χ1v) is 7.64. The summed E-state index contributed by atoms with van der Waals surface area (Å²) in [6.45, 7) is 6.03. The van der Waals surface area contributed by atoms with Crippen LogP contribution in [-0.2, 0) is 15.4 Å². The third-order valence-corrected chi connectivity index (χ3v) is 4.56. The maximum Gasteiger partial charge on any atom is 0.282 e. The Kier molecular flexibility index (Phi) is 3.60. The summed E-state index contributed by atoms with van der Waals surface area (Å²) < 4.78 is 31.1. The van der Waals surface area contributed by atoms with Crippen LogP contribution in [0, 0.1) is 0 Å². The first-order chi connectivity index (χ1) is 9.26. The van der Waals surface area contributed by atoms with Crippen LogP contribution < -0.4 is 4.74 Å². The summed E-state index contributed by atoms with van der Waals surface area (Å²) in [5.74, 6) is 0.678. The van der Waals surface area contributed by atoms with E-state index >= 15 is 0 Å². The lowest BCUT2D eigenvalue weighted by Crippen LogP contribution is -2.17. The first kappa shape index (κ1) is 14.6. The SMILES string of the molecule is COc1ccc(S(=O)(=O)n2cccn2)cc1C(C)(C)C. The van der Waals surface area contributed by atoms with Gasteiger partial charge >= 0.3 is 0 Å². The summed E-state index contributed by atoms with van der Waals surface area (Å²) >= 11 is 0. The fraction of sp³-hybridized carbons (Fsp3) is 0.357. The molecule has 0 bridgehead atoms. The van der Waals surface area contributed by atoms with Crippen molar-refractivity contribution in [2.75, 3.05) is 7.11 Å². The molecule has 0 saturated heterocycles. The van der Waals surface area contributed by atoms with Gasteiger partial charge in [-0.05, 0) is 29.7 Å². The molecule has 0 spiro atoms. The molecule has 2 aromatic rings. The minimum Gasteiger partial charge on any atom is -0.496 e. The second-order valence-electron chi connectivity index (χ2n) is 5.50. The highest BCUT2D eigenvalue weighted by molar-refractivity contribution is 7.89. The van der Waals surface area contributed by atoms with Gasteiger partial charge in [0.2, 0.25) is 0 Å². The molecule has 2 rings (SSSR count). The first-order valence-electron chi connectivity index (χ1n) is 6.20. The second-order valence-corrected chi connectivity index (χ2v) is 7.29. The molecule has 0 aliphatic carbocycles. The Labute approximate surface area is 119 Å². The van der Waals surface area contributed by atoms with E-state index in [1.54, 1.807) is 25.3 Å². The highest BCUT2D eigenvalue weighted by Gasteiger charge is 2.24. The molecule has 20 heavy (non-hydrogen) atoms. The number of hydrogen-bond acceptors (Lipinski definition) is 4. The van der Waals surface area contributed by atoms with E-state index in [0.29, 0.717) is 5.75 Å². The highest BCUT2D eigenvalue weighted by Crippen LogP contribution is 2.33. The van der Waals surface area contributed by atoms with Gasteiger partial charge in [-0.1, -0.05) is 20.8 Å². The predicted octanol–water partition coefficient (Wildman–Crippen LogP) is 2.43. The van der Waals surface area contributed by atoms with Gasteiger partial charge < -0.3 is 4.74 Å². The third-order valence-electron chi connectivity index (χ3n) is 3.00. The zero-order valence-corrected chi connectivity index (χ0v) is 12.8. The number of rotatable bonds is 3. The molecule has 108 valence electrons. The molecular weight excluding hydrogens is 276 g/mol. The summed E-state index contributed by atoms with van der Waals surface area (Å²) in [5, 5.41) is 3.80. The fourth-order valence-corrected chi connectivity index (χ4v) is 3.07. The quantitative estimate of drug-likeness (QED) is 0.872. The van der Waals surface area contributed by atoms with Gasteiger partial charge in [0.05, 0.1) is 18.2 Å². The molecule has 0 aliphatic rings. The molecule has 0 aliphatic heterocycles. The number of aromatic nitrogens is 2. The lowest BCUT2D eigenvalue weighted by atomic mass is 9.86. The van der Waals surface area contributed by atoms with Crippen molar-refractivity contribution in [2.45, 2.75) is 31.1 Å². The predicted molar refractivity (Wildman–Crippen MR) is 76.5 cm³/mol. The topological polar surface area (TPSA) is 61.2 Å². The summed E-state index contributed by atoms with van der Waals surface area (Å²) in [4.78, 5) is 0.201. The van der Waals surface area contributed by atoms with Crippen molar-refractivity contribution < 1.29 is 13.2 Å². The summed E-state index contributed by atoms with van der Waals surface area (Å²) in [5.41, 5.74) is 0.620. The van der Waals surface area contributed by atoms with Crippen LogP contribution in [0.4, 0.5) is 0 Å². The van der Waals surface area contributed by atoms with Gasteiger partial charge in [-0.25, -0.2) is 0 Å². The maximum atomic E-state index is 12.4. The number of benzene rings is 1. The lowest BCUT2D eigenvalue weighted by molar-refractivity contribution is 0.397. The van der Waals surface area contributed by atoms with Gasteiger partial charge in [0, 0.05) is 11.8 Å². The van der Waals surface area contributed by atoms with Crippen molar-refractivity contribution in [1.29, 1.82) is 0 Å². The maximum absolute atomic E-state index is 12.4. The zero-order valence-electron chi connectivity index (χ0n) is 12.0. The van der Waals surface area contributed by atoms with E-state index < -0.39 is 10.0 Å². The number of nitrogens with zero attached hydrogens (tertiary/aromatic N) is 2. The smallest absolute Gasteiger partial charge is 0.282 e. The van der Waals surface area contributed by atoms with Crippen LogP contribution in [0.25, 0.3) is 0 Å². The molecule has 1 heterocycles. The van der Waals surface area contributed by atoms with Gasteiger partial charge in [0.15, 0.2) is 0 Å². The molecule has 6 heteroatoms. The monoisotopic (exact) mass is 294 g/mol. The van der Waals surface area contributed by atoms with Crippen molar-refractivity contribution in [2.24, 2.45) is 0 Å². The fourth-order valence-electron chi connectivity index (χ4n) is 1.94. The molecule has 0 saturated carbocycles. The zero-order chi connectivity index (χ0) is 15.0. The van der Waals surface area contributed by atoms with Crippen LogP contribution in [-0.4, -0.2) is 24.7 Å². The van der Waals surface area contributed by atoms with Crippen LogP contribution in [0.1, 0.15) is 26.3 Å². The molecule has 0 unspecified atom stereocenters. The van der Waals surface area contributed by atoms with Crippen LogP contribution in [0.3, 0.4) is 0 Å². The molecule has 5 nitrogen and oxygen atoms in total. The molecule has 0 fully saturated rings. The van der Waals surface area contributed by atoms with E-state index in [0.717, 1.165) is 9.65 Å². The van der Waals surface area contributed by atoms with E-state index in [1.165, 1.54) is 18.5 Å². The number of ether oxygens (including phenoxy) is 1. The summed E-state index contributed by atoms with van der Waals surface area (Å²) in [6.07, 6.45) is 2.85. The molecule has 0 N–H and O–H groups in total. The van der Waals surface area contributed by atoms with Gasteiger partial charge in [0.25, 0.3) is 10.0 Å². The van der Waals surface area contributed by atoms with Gasteiger partial charge in [-0.2, -0.15) is 17.6 Å². The average Bonchev–Trinajstić information content (AvgIpc) is 2.91. The number of hydrogen-bond donors (Lipinski definition) is 0. The highest BCUT2D eigenvalue weighted by atomic mass is 32.2. The van der Waals surface area contributed by atoms with Crippen molar-refractivity contribution in [3.63, 3.8) is 0 Å². The van der Waals surface area contributed by atoms with Crippen LogP contribution >= 0.6 is 0 Å². The van der Waals surface area contributed by atoms with Crippen molar-refractivity contribution in [3.8, 4) is 5.75 Å². The Morgan fingerprint density at radius 2 is 1.95 bits per heavy atom. The Hall–Kier alpha value is -1.82. The lowest BCUT2D eigenvalue weighted by Gasteiger charge is -2.22. The van der Waals surface area contributed by atoms with E-state index in [1.807, 2.05) is 20.8 Å². The minimum atomic E-state index is -3.65. The van der Waals surface area contributed by atoms with E-state index in [2.05, 4.69) is 5.10 Å². The number of methoxy groups -OCH3 is 1. The normalized spacial score (nSPS) is 12.4. The molecule has 1 aromatic carbocycles. The van der Waals surface area contributed by atoms with Crippen LogP contribution in [0.15, 0.2) is 41.6 Å². The van der Waals surface area contributed by atoms with Crippen molar-refractivity contribution in [1.82, 2.24) is 9.19 Å². The van der Waals surface area contributed by atoms with E-state index in [-0.39, 0.29) is 10.3 Å². The average molecular weight is 294 g/mol. The largest absolute Gasteiger partial charge is 0.496 e. The van der Waals surface area contributed by atoms with Crippen molar-refractivity contribution in [3.05, 3.63) is 42.2 Å². The summed E-state index contributed by atoms with van der Waals surface area (Å²) in [6, 6.07) is 6.43. The Morgan fingerprint density at radius 3 is 2.45 bits per heavy atom. The van der Waals surface area contributed by atoms with Crippen LogP contribution in [0.5, 0.6) is 5.75 Å². The van der Waals surface area contributed by atoms with E-state index in [9.17, 15) is 8.42 Å². The van der Waals surface area contributed by atoms with Crippen molar-refractivity contribution >= 4 is 10.0 Å². The summed E-state index contributed by atoms with van der Waals surface area (Å²) in [7, 11) is -2.08. The minimum absolute atomic E-state index is 0.201. The Balaban J connectivity index is 2.61. The molecule has 1 aromatic heterocycles. The Morgan fingerprint density at radius 1 is 1.25 bits per heavy atom. The van der Waals surface area contributed by atoms with Gasteiger partial charge in [0.1, 0.15) is 5.75 Å². The second kappa shape index (κ2) is 4.94. The van der Waals surface area contributed by atoms with Gasteiger partial charge in [-0.3, -0.25) is 0 Å². The third kappa shape index (κ3) is 2.56. The van der Waals surface area contributed by atoms with E-state index in [4.69, 9.17) is 4.74 Å². The molecular formula is C14H18N2O3S. The molecule has 0 radical (unpaired) electrons.